The van der Waals surface area contributed by atoms with Gasteiger partial charge in [-0.3, -0.25) is 24.0 Å². The van der Waals surface area contributed by atoms with Crippen LogP contribution in [0.2, 0.25) is 0 Å². The fourth-order valence-corrected chi connectivity index (χ4v) is 3.88. The lowest BCUT2D eigenvalue weighted by Gasteiger charge is -2.35. The van der Waals surface area contributed by atoms with Crippen molar-refractivity contribution in [3.05, 3.63) is 50.8 Å². The first kappa shape index (κ1) is 19.5. The summed E-state index contributed by atoms with van der Waals surface area (Å²) in [5.41, 5.74) is 0.847. The highest BCUT2D eigenvalue weighted by molar-refractivity contribution is 5.92. The molecule has 0 aromatic carbocycles. The summed E-state index contributed by atoms with van der Waals surface area (Å²) in [5, 5.41) is 2.56. The number of piperazine rings is 1. The molecule has 31 heavy (non-hydrogen) atoms. The van der Waals surface area contributed by atoms with E-state index in [1.165, 1.54) is 4.57 Å². The second-order valence-electron chi connectivity index (χ2n) is 7.87. The Hall–Kier alpha value is -3.47. The van der Waals surface area contributed by atoms with Crippen LogP contribution in [0, 0.1) is 0 Å². The molecule has 162 valence electrons. The van der Waals surface area contributed by atoms with Crippen LogP contribution in [0.5, 0.6) is 0 Å². The first-order valence-corrected chi connectivity index (χ1v) is 10.3. The second-order valence-corrected chi connectivity index (χ2v) is 7.87. The molecule has 1 amide bonds. The molecule has 2 N–H and O–H groups in total. The largest absolute Gasteiger partial charge is 0.432 e. The molecule has 0 spiro atoms. The van der Waals surface area contributed by atoms with E-state index in [-0.39, 0.29) is 23.2 Å². The predicted octanol–water partition coefficient (Wildman–Crippen LogP) is 0.0895. The zero-order valence-electron chi connectivity index (χ0n) is 17.1. The number of rotatable bonds is 5. The third kappa shape index (κ3) is 3.72. The highest BCUT2D eigenvalue weighted by Crippen LogP contribution is 2.32. The number of carbonyl (C=O) groups excluding carboxylic acids is 1. The van der Waals surface area contributed by atoms with Crippen LogP contribution < -0.4 is 21.5 Å². The summed E-state index contributed by atoms with van der Waals surface area (Å²) in [6.07, 6.45) is 3.38. The lowest BCUT2D eigenvalue weighted by molar-refractivity contribution is 0.0958. The molecule has 2 fully saturated rings. The Balaban J connectivity index is 1.25. The summed E-state index contributed by atoms with van der Waals surface area (Å²) in [6.45, 7) is 3.58. The second kappa shape index (κ2) is 7.65. The number of aromatic nitrogens is 4. The molecule has 5 rings (SSSR count). The monoisotopic (exact) mass is 425 g/mol. The van der Waals surface area contributed by atoms with E-state index in [1.54, 1.807) is 19.3 Å². The summed E-state index contributed by atoms with van der Waals surface area (Å²) < 4.78 is 6.95. The summed E-state index contributed by atoms with van der Waals surface area (Å²) >= 11 is 0. The van der Waals surface area contributed by atoms with Crippen LogP contribution in [0.4, 0.5) is 5.69 Å². The van der Waals surface area contributed by atoms with Gasteiger partial charge in [0.1, 0.15) is 5.69 Å². The molecule has 11 heteroatoms. The zero-order valence-corrected chi connectivity index (χ0v) is 17.1. The van der Waals surface area contributed by atoms with Gasteiger partial charge in [-0.2, -0.15) is 4.98 Å². The maximum absolute atomic E-state index is 12.6. The van der Waals surface area contributed by atoms with E-state index in [0.29, 0.717) is 18.1 Å². The summed E-state index contributed by atoms with van der Waals surface area (Å²) in [7, 11) is 1.58. The molecular weight excluding hydrogens is 402 g/mol. The number of hydrogen-bond acceptors (Lipinski definition) is 8. The number of hydrogen-bond donors (Lipinski definition) is 2. The van der Waals surface area contributed by atoms with Crippen LogP contribution in [0.15, 0.2) is 32.3 Å². The van der Waals surface area contributed by atoms with E-state index in [4.69, 9.17) is 4.42 Å². The van der Waals surface area contributed by atoms with E-state index >= 15 is 0 Å². The number of nitrogens with zero attached hydrogens (tertiary/aromatic N) is 5. The highest BCUT2D eigenvalue weighted by atomic mass is 16.4. The minimum absolute atomic E-state index is 0.0258. The third-order valence-corrected chi connectivity index (χ3v) is 5.74. The molecule has 1 aliphatic heterocycles. The number of carbonyl (C=O) groups is 1. The molecule has 11 nitrogen and oxygen atoms in total. The standard InChI is InChI=1S/C20H23N7O4/c1-21-18(28)14-5-4-13(10-22-14)26-8-6-25(7-9-26)11-15-23-17-16(31-15)19(29)27(12-2-3-12)20(30)24-17/h4-5,10,12H,2-3,6-9,11H2,1H3,(H,21,28)(H,24,30). The summed E-state index contributed by atoms with van der Waals surface area (Å²) in [4.78, 5) is 52.0. The Morgan fingerprint density at radius 1 is 1.23 bits per heavy atom. The van der Waals surface area contributed by atoms with E-state index in [9.17, 15) is 14.4 Å². The average molecular weight is 425 g/mol. The van der Waals surface area contributed by atoms with Crippen LogP contribution in [0.3, 0.4) is 0 Å². The van der Waals surface area contributed by atoms with E-state index in [1.807, 2.05) is 6.07 Å². The molecule has 0 radical (unpaired) electrons. The lowest BCUT2D eigenvalue weighted by atomic mass is 10.2. The SMILES string of the molecule is CNC(=O)c1ccc(N2CCN(Cc3nc4[nH]c(=O)n(C5CC5)c(=O)c4o3)CC2)cn1. The minimum Gasteiger partial charge on any atom is -0.432 e. The Kier molecular flexibility index (Phi) is 4.81. The van der Waals surface area contributed by atoms with E-state index in [0.717, 1.165) is 44.7 Å². The van der Waals surface area contributed by atoms with Gasteiger partial charge < -0.3 is 14.6 Å². The molecule has 0 atom stereocenters. The Bertz CT molecular complexity index is 1230. The van der Waals surface area contributed by atoms with Gasteiger partial charge in [-0.15, -0.1) is 0 Å². The third-order valence-electron chi connectivity index (χ3n) is 5.74. The van der Waals surface area contributed by atoms with Crippen LogP contribution >= 0.6 is 0 Å². The van der Waals surface area contributed by atoms with Crippen molar-refractivity contribution in [2.75, 3.05) is 38.1 Å². The van der Waals surface area contributed by atoms with Crippen molar-refractivity contribution in [2.24, 2.45) is 0 Å². The van der Waals surface area contributed by atoms with Crippen molar-refractivity contribution >= 4 is 22.8 Å². The number of amides is 1. The first-order chi connectivity index (χ1) is 15.0. The van der Waals surface area contributed by atoms with Crippen LogP contribution in [-0.4, -0.2) is 63.6 Å². The minimum atomic E-state index is -0.426. The van der Waals surface area contributed by atoms with Crippen molar-refractivity contribution in [3.63, 3.8) is 0 Å². The van der Waals surface area contributed by atoms with Gasteiger partial charge in [0.15, 0.2) is 5.65 Å². The van der Waals surface area contributed by atoms with E-state index in [2.05, 4.69) is 30.1 Å². The number of fused-ring (bicyclic) bond motifs is 1. The van der Waals surface area contributed by atoms with Gasteiger partial charge in [-0.1, -0.05) is 0 Å². The molecule has 0 bridgehead atoms. The van der Waals surface area contributed by atoms with Gasteiger partial charge in [-0.05, 0) is 25.0 Å². The summed E-state index contributed by atoms with van der Waals surface area (Å²) in [6, 6.07) is 3.59. The van der Waals surface area contributed by atoms with Gasteiger partial charge in [-0.25, -0.2) is 9.78 Å². The average Bonchev–Trinajstić information content (AvgIpc) is 3.53. The highest BCUT2D eigenvalue weighted by Gasteiger charge is 2.29. The first-order valence-electron chi connectivity index (χ1n) is 10.3. The maximum atomic E-state index is 12.6. The quantitative estimate of drug-likeness (QED) is 0.588. The van der Waals surface area contributed by atoms with Crippen LogP contribution in [-0.2, 0) is 6.54 Å². The van der Waals surface area contributed by atoms with E-state index < -0.39 is 11.2 Å². The van der Waals surface area contributed by atoms with Crippen molar-refractivity contribution in [1.82, 2.24) is 29.7 Å². The maximum Gasteiger partial charge on any atom is 0.330 e. The molecule has 2 aliphatic rings. The molecule has 4 heterocycles. The Morgan fingerprint density at radius 2 is 2.00 bits per heavy atom. The molecule has 0 unspecified atom stereocenters. The molecular formula is C20H23N7O4. The van der Waals surface area contributed by atoms with Crippen molar-refractivity contribution in [2.45, 2.75) is 25.4 Å². The molecule has 1 saturated heterocycles. The fraction of sp³-hybridized carbons (Fsp3) is 0.450. The number of H-pyrrole nitrogens is 1. The fourth-order valence-electron chi connectivity index (χ4n) is 3.88. The molecule has 3 aromatic rings. The van der Waals surface area contributed by atoms with Gasteiger partial charge in [0.05, 0.1) is 18.4 Å². The topological polar surface area (TPSA) is 129 Å². The van der Waals surface area contributed by atoms with Gasteiger partial charge in [0.2, 0.25) is 11.5 Å². The number of anilines is 1. The van der Waals surface area contributed by atoms with Crippen LogP contribution in [0.1, 0.15) is 35.3 Å². The van der Waals surface area contributed by atoms with Crippen molar-refractivity contribution < 1.29 is 9.21 Å². The van der Waals surface area contributed by atoms with Crippen molar-refractivity contribution in [3.8, 4) is 0 Å². The smallest absolute Gasteiger partial charge is 0.330 e. The van der Waals surface area contributed by atoms with Crippen molar-refractivity contribution in [1.29, 1.82) is 0 Å². The zero-order chi connectivity index (χ0) is 21.5. The number of nitrogens with one attached hydrogen (secondary N) is 2. The summed E-state index contributed by atoms with van der Waals surface area (Å²) in [5.74, 6) is 0.210. The molecule has 1 saturated carbocycles. The number of pyridine rings is 1. The van der Waals surface area contributed by atoms with Gasteiger partial charge in [0, 0.05) is 39.3 Å². The Morgan fingerprint density at radius 3 is 2.65 bits per heavy atom. The Labute approximate surface area is 176 Å². The number of aromatic amines is 1. The molecule has 3 aromatic heterocycles. The lowest BCUT2D eigenvalue weighted by Crippen LogP contribution is -2.46. The normalized spacial score (nSPS) is 17.3. The number of oxazole rings is 1. The molecule has 1 aliphatic carbocycles. The predicted molar refractivity (Wildman–Crippen MR) is 112 cm³/mol. The van der Waals surface area contributed by atoms with Crippen LogP contribution in [0.25, 0.3) is 11.2 Å². The van der Waals surface area contributed by atoms with Gasteiger partial charge in [0.25, 0.3) is 5.91 Å². The van der Waals surface area contributed by atoms with Gasteiger partial charge >= 0.3 is 11.2 Å².